The number of nitrogens with one attached hydrogen (secondary N) is 1. The van der Waals surface area contributed by atoms with Gasteiger partial charge in [0.2, 0.25) is 0 Å². The van der Waals surface area contributed by atoms with Gasteiger partial charge in [-0.05, 0) is 45.7 Å². The quantitative estimate of drug-likeness (QED) is 0.469. The lowest BCUT2D eigenvalue weighted by Gasteiger charge is -2.28. The first kappa shape index (κ1) is 18.2. The van der Waals surface area contributed by atoms with Crippen molar-refractivity contribution in [2.45, 2.75) is 39.7 Å². The summed E-state index contributed by atoms with van der Waals surface area (Å²) >= 11 is 0. The number of hydrogen-bond acceptors (Lipinski definition) is 4. The third kappa shape index (κ3) is 7.08. The summed E-state index contributed by atoms with van der Waals surface area (Å²) in [6, 6.07) is 11.2. The molecule has 1 rings (SSSR count). The van der Waals surface area contributed by atoms with Crippen LogP contribution in [-0.2, 0) is 13.3 Å². The van der Waals surface area contributed by atoms with Crippen LogP contribution in [0.1, 0.15) is 33.6 Å². The van der Waals surface area contributed by atoms with Gasteiger partial charge in [0.15, 0.2) is 0 Å². The van der Waals surface area contributed by atoms with E-state index in [1.807, 2.05) is 39.0 Å². The molecule has 0 radical (unpaired) electrons. The molecule has 0 spiro atoms. The van der Waals surface area contributed by atoms with Crippen LogP contribution >= 0.6 is 0 Å². The fourth-order valence-electron chi connectivity index (χ4n) is 2.26. The molecule has 0 aliphatic heterocycles. The lowest BCUT2D eigenvalue weighted by molar-refractivity contribution is 0.0707. The molecule has 1 N–H and O–H groups in total. The first-order valence-corrected chi connectivity index (χ1v) is 9.90. The number of unbranched alkanes of at least 4 members (excludes halogenated alkanes) is 1. The monoisotopic (exact) mass is 311 g/mol. The predicted octanol–water partition coefficient (Wildman–Crippen LogP) is 3.93. The molecule has 0 saturated heterocycles. The summed E-state index contributed by atoms with van der Waals surface area (Å²) in [5, 5.41) is 3.42. The Hall–Kier alpha value is -0.883. The predicted molar refractivity (Wildman–Crippen MR) is 89.6 cm³/mol. The van der Waals surface area contributed by atoms with Gasteiger partial charge in [-0.25, -0.2) is 0 Å². The van der Waals surface area contributed by atoms with E-state index in [0.717, 1.165) is 25.4 Å². The van der Waals surface area contributed by atoms with Crippen LogP contribution in [0.25, 0.3) is 0 Å². The van der Waals surface area contributed by atoms with Crippen LogP contribution < -0.4 is 5.32 Å². The number of rotatable bonds is 12. The fraction of sp³-hybridized carbons (Fsp3) is 0.625. The summed E-state index contributed by atoms with van der Waals surface area (Å²) in [5.41, 5.74) is 1.17. The Balaban J connectivity index is 2.31. The summed E-state index contributed by atoms with van der Waals surface area (Å²) in [4.78, 5) is 0. The molecule has 0 unspecified atom stereocenters. The van der Waals surface area contributed by atoms with Crippen LogP contribution in [0, 0.1) is 0 Å². The van der Waals surface area contributed by atoms with Crippen LogP contribution in [0.2, 0.25) is 6.04 Å². The van der Waals surface area contributed by atoms with Crippen LogP contribution in [0.4, 0.5) is 5.69 Å². The molecule has 0 saturated carbocycles. The summed E-state index contributed by atoms with van der Waals surface area (Å²) in [5.74, 6) is 0. The first-order chi connectivity index (χ1) is 10.3. The van der Waals surface area contributed by atoms with Crippen LogP contribution in [0.15, 0.2) is 30.3 Å². The lowest BCUT2D eigenvalue weighted by Crippen LogP contribution is -2.45. The first-order valence-electron chi connectivity index (χ1n) is 7.97. The molecule has 0 heterocycles. The smallest absolute Gasteiger partial charge is 0.385 e. The molecule has 0 fully saturated rings. The second kappa shape index (κ2) is 10.8. The minimum atomic E-state index is -2.45. The second-order valence-electron chi connectivity index (χ2n) is 4.73. The molecule has 0 aliphatic rings. The van der Waals surface area contributed by atoms with Crippen LogP contribution in [0.3, 0.4) is 0 Å². The SMILES string of the molecule is CCO[Si](CCCCNc1ccccc1)(OCC)OCC. The summed E-state index contributed by atoms with van der Waals surface area (Å²) in [6.45, 7) is 8.89. The fourth-order valence-corrected chi connectivity index (χ4v) is 4.94. The van der Waals surface area contributed by atoms with Gasteiger partial charge in [-0.1, -0.05) is 18.2 Å². The number of para-hydroxylation sites is 1. The maximum Gasteiger partial charge on any atom is 0.500 e. The molecular formula is C16H29NO3Si. The third-order valence-corrected chi connectivity index (χ3v) is 6.26. The van der Waals surface area contributed by atoms with Gasteiger partial charge in [0, 0.05) is 38.1 Å². The summed E-state index contributed by atoms with van der Waals surface area (Å²) in [7, 11) is -2.45. The Morgan fingerprint density at radius 2 is 1.43 bits per heavy atom. The maximum absolute atomic E-state index is 5.85. The Bertz CT molecular complexity index is 345. The zero-order valence-corrected chi connectivity index (χ0v) is 14.6. The molecule has 4 nitrogen and oxygen atoms in total. The molecule has 5 heteroatoms. The molecule has 1 aromatic rings. The van der Waals surface area contributed by atoms with Crippen molar-refractivity contribution in [1.82, 2.24) is 0 Å². The molecule has 120 valence electrons. The summed E-state index contributed by atoms with van der Waals surface area (Å²) < 4.78 is 17.5. The highest BCUT2D eigenvalue weighted by molar-refractivity contribution is 6.60. The Labute approximate surface area is 130 Å². The summed E-state index contributed by atoms with van der Waals surface area (Å²) in [6.07, 6.45) is 2.13. The minimum absolute atomic E-state index is 0.647. The molecule has 21 heavy (non-hydrogen) atoms. The maximum atomic E-state index is 5.85. The normalized spacial score (nSPS) is 11.6. The number of anilines is 1. The van der Waals surface area contributed by atoms with E-state index in [9.17, 15) is 0 Å². The number of benzene rings is 1. The Kier molecular flexibility index (Phi) is 9.33. The van der Waals surface area contributed by atoms with E-state index in [0.29, 0.717) is 19.8 Å². The minimum Gasteiger partial charge on any atom is -0.385 e. The van der Waals surface area contributed by atoms with Crippen molar-refractivity contribution in [2.24, 2.45) is 0 Å². The standard InChI is InChI=1S/C16H29NO3Si/c1-4-18-21(19-5-2,20-6-3)15-11-10-14-17-16-12-8-7-9-13-16/h7-9,12-13,17H,4-6,10-11,14-15H2,1-3H3. The molecule has 0 aliphatic carbocycles. The van der Waals surface area contributed by atoms with Gasteiger partial charge in [0.1, 0.15) is 0 Å². The van der Waals surface area contributed by atoms with E-state index < -0.39 is 8.80 Å². The zero-order valence-electron chi connectivity index (χ0n) is 13.6. The van der Waals surface area contributed by atoms with Gasteiger partial charge in [-0.3, -0.25) is 0 Å². The second-order valence-corrected chi connectivity index (χ2v) is 7.46. The lowest BCUT2D eigenvalue weighted by atomic mass is 10.3. The van der Waals surface area contributed by atoms with Crippen LogP contribution in [-0.4, -0.2) is 35.2 Å². The largest absolute Gasteiger partial charge is 0.500 e. The van der Waals surface area contributed by atoms with Gasteiger partial charge in [0.05, 0.1) is 0 Å². The van der Waals surface area contributed by atoms with Crippen molar-refractivity contribution >= 4 is 14.5 Å². The van der Waals surface area contributed by atoms with Crippen LogP contribution in [0.5, 0.6) is 0 Å². The van der Waals surface area contributed by atoms with Crippen molar-refractivity contribution in [3.8, 4) is 0 Å². The van der Waals surface area contributed by atoms with Crippen molar-refractivity contribution in [2.75, 3.05) is 31.7 Å². The van der Waals surface area contributed by atoms with E-state index in [1.54, 1.807) is 0 Å². The van der Waals surface area contributed by atoms with Crippen molar-refractivity contribution in [3.63, 3.8) is 0 Å². The molecule has 0 amide bonds. The molecule has 0 bridgehead atoms. The van der Waals surface area contributed by atoms with E-state index in [4.69, 9.17) is 13.3 Å². The van der Waals surface area contributed by atoms with Gasteiger partial charge in [-0.15, -0.1) is 0 Å². The van der Waals surface area contributed by atoms with E-state index in [-0.39, 0.29) is 0 Å². The average molecular weight is 311 g/mol. The van der Waals surface area contributed by atoms with Gasteiger partial charge in [0.25, 0.3) is 0 Å². The van der Waals surface area contributed by atoms with E-state index >= 15 is 0 Å². The molecule has 0 atom stereocenters. The number of hydrogen-bond donors (Lipinski definition) is 1. The highest BCUT2D eigenvalue weighted by atomic mass is 28.4. The van der Waals surface area contributed by atoms with Crippen molar-refractivity contribution < 1.29 is 13.3 Å². The average Bonchev–Trinajstić information content (AvgIpc) is 2.49. The molecular weight excluding hydrogens is 282 g/mol. The highest BCUT2D eigenvalue weighted by Gasteiger charge is 2.39. The third-order valence-electron chi connectivity index (χ3n) is 3.11. The van der Waals surface area contributed by atoms with Gasteiger partial charge >= 0.3 is 8.80 Å². The Morgan fingerprint density at radius 3 is 1.95 bits per heavy atom. The molecule has 0 aromatic heterocycles. The topological polar surface area (TPSA) is 39.7 Å². The van der Waals surface area contributed by atoms with E-state index in [2.05, 4.69) is 17.4 Å². The van der Waals surface area contributed by atoms with Gasteiger partial charge < -0.3 is 18.6 Å². The van der Waals surface area contributed by atoms with E-state index in [1.165, 1.54) is 5.69 Å². The highest BCUT2D eigenvalue weighted by Crippen LogP contribution is 2.19. The molecule has 1 aromatic carbocycles. The van der Waals surface area contributed by atoms with Crippen molar-refractivity contribution in [3.05, 3.63) is 30.3 Å². The van der Waals surface area contributed by atoms with Gasteiger partial charge in [-0.2, -0.15) is 0 Å². The Morgan fingerprint density at radius 1 is 0.857 bits per heavy atom. The van der Waals surface area contributed by atoms with Crippen molar-refractivity contribution in [1.29, 1.82) is 0 Å². The zero-order chi connectivity index (χ0) is 15.4.